The molecule has 1 rings (SSSR count). The molecule has 1 aromatic carbocycles. The van der Waals surface area contributed by atoms with Crippen LogP contribution in [0.1, 0.15) is 20.7 Å². The van der Waals surface area contributed by atoms with Crippen molar-refractivity contribution in [2.75, 3.05) is 0 Å². The van der Waals surface area contributed by atoms with Gasteiger partial charge in [0.15, 0.2) is 0 Å². The molecule has 7 nitrogen and oxygen atoms in total. The molecule has 0 fully saturated rings. The van der Waals surface area contributed by atoms with Crippen LogP contribution in [0.3, 0.4) is 0 Å². The molecule has 9 heteroatoms. The van der Waals surface area contributed by atoms with Crippen LogP contribution in [0.2, 0.25) is 0 Å². The van der Waals surface area contributed by atoms with E-state index in [2.05, 4.69) is 0 Å². The van der Waals surface area contributed by atoms with Crippen LogP contribution in [0.5, 0.6) is 0 Å². The molecule has 0 bridgehead atoms. The van der Waals surface area contributed by atoms with E-state index in [0.717, 1.165) is 6.07 Å². The molecule has 19 heavy (non-hydrogen) atoms. The van der Waals surface area contributed by atoms with E-state index in [-0.39, 0.29) is 37.9 Å². The van der Waals surface area contributed by atoms with Crippen molar-refractivity contribution in [3.05, 3.63) is 44.2 Å². The molecule has 1 aromatic rings. The fraction of sp³-hybridized carbons (Fsp3) is 0. The molecule has 0 unspecified atom stereocenters. The monoisotopic (exact) mass is 300 g/mol. The Hall–Kier alpha value is -1.16. The maximum atomic E-state index is 10.8. The summed E-state index contributed by atoms with van der Waals surface area (Å²) in [6.45, 7) is 0. The molecule has 0 heterocycles. The summed E-state index contributed by atoms with van der Waals surface area (Å²) >= 11 is 0. The van der Waals surface area contributed by atoms with Gasteiger partial charge in [0.05, 0.1) is 16.0 Å². The van der Waals surface area contributed by atoms with Gasteiger partial charge in [0, 0.05) is 0 Å². The topological polar surface area (TPSA) is 129 Å². The summed E-state index contributed by atoms with van der Waals surface area (Å²) in [5.74, 6) is -2.99. The van der Waals surface area contributed by atoms with Crippen molar-refractivity contribution >= 4 is 45.1 Å². The summed E-state index contributed by atoms with van der Waals surface area (Å²) in [6.07, 6.45) is 0. The summed E-state index contributed by atoms with van der Waals surface area (Å²) < 4.78 is 30.2. The fourth-order valence-corrected chi connectivity index (χ4v) is 1.55. The molecule has 102 valence electrons. The largest absolute Gasteiger partial charge is 2.00 e. The average Bonchev–Trinajstić information content (AvgIpc) is 2.15. The zero-order valence-electron chi connectivity index (χ0n) is 10.3. The quantitative estimate of drug-likeness (QED) is 0.428. The van der Waals surface area contributed by atoms with Crippen LogP contribution in [-0.4, -0.2) is 58.2 Å². The third-order valence-corrected chi connectivity index (χ3v) is 2.53. The van der Waals surface area contributed by atoms with Crippen molar-refractivity contribution in [2.24, 2.45) is 0 Å². The molecule has 0 amide bonds. The molecule has 0 saturated heterocycles. The number of aromatic carboxylic acids is 2. The van der Waals surface area contributed by atoms with Crippen molar-refractivity contribution in [3.8, 4) is 0 Å². The Bertz CT molecular complexity index is 533. The van der Waals surface area contributed by atoms with Gasteiger partial charge in [0.25, 0.3) is 10.1 Å². The van der Waals surface area contributed by atoms with E-state index >= 15 is 0 Å². The summed E-state index contributed by atoms with van der Waals surface area (Å²) in [6, 6.07) is 2.13. The molecule has 3 N–H and O–H groups in total. The zero-order chi connectivity index (χ0) is 12.5. The number of hydrogen-bond acceptors (Lipinski definition) is 4. The van der Waals surface area contributed by atoms with E-state index in [1.807, 2.05) is 0 Å². The Balaban J connectivity index is -0.000000853. The predicted molar refractivity (Wildman–Crippen MR) is 68.8 cm³/mol. The number of rotatable bonds is 3. The molecule has 0 atom stereocenters. The summed E-state index contributed by atoms with van der Waals surface area (Å²) in [5.41, 5.74) is -1.07. The van der Waals surface area contributed by atoms with Gasteiger partial charge in [-0.25, -0.2) is 9.59 Å². The van der Waals surface area contributed by atoms with E-state index in [1.54, 1.807) is 0 Å². The van der Waals surface area contributed by atoms with E-state index in [1.165, 1.54) is 0 Å². The maximum Gasteiger partial charge on any atom is 2.00 e. The Labute approximate surface area is 127 Å². The van der Waals surface area contributed by atoms with Crippen LogP contribution in [0.15, 0.2) is 23.1 Å². The van der Waals surface area contributed by atoms with Gasteiger partial charge in [-0.1, -0.05) is 0 Å². The van der Waals surface area contributed by atoms with E-state index in [9.17, 15) is 18.0 Å². The average molecular weight is 301 g/mol. The number of carbonyl (C=O) groups is 2. The first-order valence-electron chi connectivity index (χ1n) is 3.81. The van der Waals surface area contributed by atoms with Crippen LogP contribution in [0.4, 0.5) is 0 Å². The van der Waals surface area contributed by atoms with Gasteiger partial charge < -0.3 is 25.1 Å². The van der Waals surface area contributed by atoms with Crippen LogP contribution in [0.25, 0.3) is 0 Å². The SMILES string of the molecule is O=C(O)c1cc(C(=O)O)cc(S(=O)(=O)O)c1.[CH3-].[CH3-].[Mg+2]. The number of hydrogen-bond donors (Lipinski definition) is 3. The van der Waals surface area contributed by atoms with Crippen molar-refractivity contribution in [2.45, 2.75) is 4.90 Å². The Morgan fingerprint density at radius 3 is 1.42 bits per heavy atom. The van der Waals surface area contributed by atoms with Crippen molar-refractivity contribution in [3.63, 3.8) is 0 Å². The van der Waals surface area contributed by atoms with Gasteiger partial charge in [0.1, 0.15) is 0 Å². The second-order valence-electron chi connectivity index (χ2n) is 2.83. The first kappa shape index (κ1) is 23.0. The molecule has 0 spiro atoms. The second-order valence-corrected chi connectivity index (χ2v) is 4.25. The van der Waals surface area contributed by atoms with Gasteiger partial charge in [-0.05, 0) is 18.2 Å². The summed E-state index contributed by atoms with van der Waals surface area (Å²) in [4.78, 5) is 20.4. The van der Waals surface area contributed by atoms with Crippen molar-refractivity contribution in [1.29, 1.82) is 0 Å². The van der Waals surface area contributed by atoms with Gasteiger partial charge in [-0.2, -0.15) is 8.42 Å². The van der Waals surface area contributed by atoms with Crippen LogP contribution in [0, 0.1) is 14.9 Å². The number of carboxylic acids is 2. The molecule has 0 radical (unpaired) electrons. The molecule has 0 aromatic heterocycles. The molecule has 0 saturated carbocycles. The van der Waals surface area contributed by atoms with E-state index < -0.39 is 38.1 Å². The Kier molecular flexibility index (Phi) is 9.79. The van der Waals surface area contributed by atoms with Crippen LogP contribution >= 0.6 is 0 Å². The molecule has 0 aliphatic carbocycles. The fourth-order valence-electron chi connectivity index (χ4n) is 0.995. The smallest absolute Gasteiger partial charge is 0.478 e. The Morgan fingerprint density at radius 2 is 1.21 bits per heavy atom. The first-order chi connectivity index (χ1) is 7.21. The van der Waals surface area contributed by atoms with Crippen molar-refractivity contribution in [1.82, 2.24) is 0 Å². The number of benzene rings is 1. The minimum Gasteiger partial charge on any atom is -0.478 e. The van der Waals surface area contributed by atoms with Gasteiger partial charge in [-0.3, -0.25) is 4.55 Å². The minimum atomic E-state index is -4.64. The van der Waals surface area contributed by atoms with Crippen molar-refractivity contribution < 1.29 is 32.8 Å². The summed E-state index contributed by atoms with van der Waals surface area (Å²) in [5, 5.41) is 17.2. The minimum absolute atomic E-state index is 0. The maximum absolute atomic E-state index is 10.8. The van der Waals surface area contributed by atoms with E-state index in [4.69, 9.17) is 14.8 Å². The number of carboxylic acid groups (broad SMARTS) is 2. The van der Waals surface area contributed by atoms with Gasteiger partial charge >= 0.3 is 35.0 Å². The molecule has 0 aliphatic heterocycles. The molecule has 0 aliphatic rings. The van der Waals surface area contributed by atoms with E-state index in [0.29, 0.717) is 12.1 Å². The Morgan fingerprint density at radius 1 is 0.895 bits per heavy atom. The first-order valence-corrected chi connectivity index (χ1v) is 5.25. The zero-order valence-corrected chi connectivity index (χ0v) is 12.6. The predicted octanol–water partition coefficient (Wildman–Crippen LogP) is 0.849. The van der Waals surface area contributed by atoms with Crippen LogP contribution < -0.4 is 0 Å². The normalized spacial score (nSPS) is 9.32. The summed E-state index contributed by atoms with van der Waals surface area (Å²) in [7, 11) is -4.64. The van der Waals surface area contributed by atoms with Gasteiger partial charge in [-0.15, -0.1) is 0 Å². The van der Waals surface area contributed by atoms with Gasteiger partial charge in [0.2, 0.25) is 0 Å². The second kappa shape index (κ2) is 8.10. The third kappa shape index (κ3) is 6.01. The third-order valence-electron chi connectivity index (χ3n) is 1.70. The molecular formula is C10H12MgO7S. The standard InChI is InChI=1S/C8H6O7S.2CH3.Mg/c9-7(10)4-1-5(8(11)12)3-6(2-4)16(13,14)15;;;/h1-3H,(H,9,10)(H,11,12)(H,13,14,15);2*1H3;/q;2*-1;+2. The molecular weight excluding hydrogens is 288 g/mol. The van der Waals surface area contributed by atoms with Crippen LogP contribution in [-0.2, 0) is 10.1 Å².